The van der Waals surface area contributed by atoms with E-state index >= 15 is 0 Å². The smallest absolute Gasteiger partial charge is 0.267 e. The van der Waals surface area contributed by atoms with Gasteiger partial charge in [-0.2, -0.15) is 0 Å². The number of nitrogens with zero attached hydrogens (tertiary/aromatic N) is 1. The summed E-state index contributed by atoms with van der Waals surface area (Å²) in [4.78, 5) is 1.89. The van der Waals surface area contributed by atoms with Crippen molar-refractivity contribution in [2.24, 2.45) is 5.92 Å². The Hall–Kier alpha value is -1.94. The van der Waals surface area contributed by atoms with Crippen LogP contribution in [0.5, 0.6) is 5.75 Å². The normalized spacial score (nSPS) is 20.3. The first-order valence-corrected chi connectivity index (χ1v) is 9.31. The highest BCUT2D eigenvalue weighted by molar-refractivity contribution is 5.31. The van der Waals surface area contributed by atoms with Crippen LogP contribution in [0.15, 0.2) is 54.6 Å². The molecule has 140 valence electrons. The summed E-state index contributed by atoms with van der Waals surface area (Å²) in [6.07, 6.45) is 0.490. The second-order valence-corrected chi connectivity index (χ2v) is 7.57. The molecule has 0 spiro atoms. The number of likely N-dealkylation sites (tertiary alicyclic amines) is 1. The van der Waals surface area contributed by atoms with Crippen molar-refractivity contribution in [3.63, 3.8) is 0 Å². The first kappa shape index (κ1) is 18.8. The largest absolute Gasteiger partial charge is 0.489 e. The molecule has 2 aromatic rings. The molecule has 2 nitrogen and oxygen atoms in total. The van der Waals surface area contributed by atoms with E-state index in [0.29, 0.717) is 30.3 Å². The molecule has 3 rings (SSSR count). The molecule has 2 aromatic carbocycles. The molecule has 0 amide bonds. The molecule has 0 bridgehead atoms. The van der Waals surface area contributed by atoms with E-state index in [1.54, 1.807) is 24.3 Å². The molecular weight excluding hydrogens is 332 g/mol. The van der Waals surface area contributed by atoms with Gasteiger partial charge in [0.05, 0.1) is 12.5 Å². The van der Waals surface area contributed by atoms with Gasteiger partial charge in [0.15, 0.2) is 0 Å². The van der Waals surface area contributed by atoms with Crippen LogP contribution in [0.3, 0.4) is 0 Å². The molecule has 1 unspecified atom stereocenters. The summed E-state index contributed by atoms with van der Waals surface area (Å²) in [6, 6.07) is 17.1. The van der Waals surface area contributed by atoms with Crippen LogP contribution in [0.2, 0.25) is 0 Å². The highest BCUT2D eigenvalue weighted by Crippen LogP contribution is 2.40. The van der Waals surface area contributed by atoms with Crippen molar-refractivity contribution in [2.75, 3.05) is 19.6 Å². The summed E-state index contributed by atoms with van der Waals surface area (Å²) in [5.41, 5.74) is 1.78. The van der Waals surface area contributed by atoms with Crippen molar-refractivity contribution in [2.45, 2.75) is 38.7 Å². The Morgan fingerprint density at radius 2 is 1.77 bits per heavy atom. The molecule has 1 atom stereocenters. The molecule has 0 saturated carbocycles. The van der Waals surface area contributed by atoms with E-state index in [-0.39, 0.29) is 6.54 Å². The van der Waals surface area contributed by atoms with Crippen LogP contribution in [0.4, 0.5) is 8.78 Å². The maximum Gasteiger partial charge on any atom is 0.267 e. The van der Waals surface area contributed by atoms with Crippen molar-refractivity contribution < 1.29 is 13.5 Å². The Balaban J connectivity index is 1.61. The first-order valence-electron chi connectivity index (χ1n) is 9.31. The lowest BCUT2D eigenvalue weighted by Crippen LogP contribution is -2.48. The minimum absolute atomic E-state index is 0.151. The van der Waals surface area contributed by atoms with Crippen molar-refractivity contribution in [1.82, 2.24) is 4.90 Å². The van der Waals surface area contributed by atoms with Crippen LogP contribution in [-0.2, 0) is 6.61 Å². The highest BCUT2D eigenvalue weighted by Gasteiger charge is 2.45. The monoisotopic (exact) mass is 359 g/mol. The van der Waals surface area contributed by atoms with Gasteiger partial charge < -0.3 is 4.74 Å². The second-order valence-electron chi connectivity index (χ2n) is 7.57. The van der Waals surface area contributed by atoms with E-state index in [4.69, 9.17) is 4.74 Å². The van der Waals surface area contributed by atoms with Crippen molar-refractivity contribution in [3.05, 3.63) is 65.7 Å². The zero-order valence-corrected chi connectivity index (χ0v) is 15.5. The molecule has 1 fully saturated rings. The van der Waals surface area contributed by atoms with Gasteiger partial charge in [-0.05, 0) is 42.1 Å². The topological polar surface area (TPSA) is 12.5 Å². The predicted octanol–water partition coefficient (Wildman–Crippen LogP) is 5.35. The van der Waals surface area contributed by atoms with Crippen LogP contribution < -0.4 is 4.74 Å². The molecule has 26 heavy (non-hydrogen) atoms. The quantitative estimate of drug-likeness (QED) is 0.690. The van der Waals surface area contributed by atoms with Gasteiger partial charge in [0.25, 0.3) is 5.92 Å². The third kappa shape index (κ3) is 4.82. The summed E-state index contributed by atoms with van der Waals surface area (Å²) in [5, 5.41) is 0. The van der Waals surface area contributed by atoms with Crippen molar-refractivity contribution >= 4 is 0 Å². The zero-order valence-electron chi connectivity index (χ0n) is 15.5. The van der Waals surface area contributed by atoms with Crippen molar-refractivity contribution in [1.29, 1.82) is 0 Å². The Labute approximate surface area is 154 Å². The van der Waals surface area contributed by atoms with Gasteiger partial charge in [0.2, 0.25) is 0 Å². The average Bonchev–Trinajstić information content (AvgIpc) is 2.60. The molecular formula is C22H27F2NO. The number of piperidine rings is 1. The maximum absolute atomic E-state index is 14.7. The van der Waals surface area contributed by atoms with E-state index in [0.717, 1.165) is 18.7 Å². The number of alkyl halides is 2. The van der Waals surface area contributed by atoms with E-state index in [9.17, 15) is 8.78 Å². The Kier molecular flexibility index (Phi) is 5.92. The standard InChI is InChI=1S/C22H27F2NO/c1-17(2)14-25-13-12-21(22(23,24)16-25)19-8-10-20(11-9-19)26-15-18-6-4-3-5-7-18/h3-11,17,21H,12-16H2,1-2H3. The SMILES string of the molecule is CC(C)CN1CCC(c2ccc(OCc3ccccc3)cc2)C(F)(F)C1. The summed E-state index contributed by atoms with van der Waals surface area (Å²) < 4.78 is 35.1. The van der Waals surface area contributed by atoms with Crippen LogP contribution in [-0.4, -0.2) is 30.5 Å². The van der Waals surface area contributed by atoms with Gasteiger partial charge in [0, 0.05) is 6.54 Å². The summed E-state index contributed by atoms with van der Waals surface area (Å²) in [6.45, 7) is 5.92. The van der Waals surface area contributed by atoms with E-state index < -0.39 is 11.8 Å². The summed E-state index contributed by atoms with van der Waals surface area (Å²) in [5.74, 6) is -2.30. The molecule has 0 N–H and O–H groups in total. The molecule has 1 aliphatic rings. The minimum Gasteiger partial charge on any atom is -0.489 e. The Morgan fingerprint density at radius 1 is 1.08 bits per heavy atom. The van der Waals surface area contributed by atoms with Crippen LogP contribution >= 0.6 is 0 Å². The predicted molar refractivity (Wildman–Crippen MR) is 101 cm³/mol. The average molecular weight is 359 g/mol. The molecule has 1 heterocycles. The molecule has 0 aromatic heterocycles. The highest BCUT2D eigenvalue weighted by atomic mass is 19.3. The zero-order chi connectivity index (χ0) is 18.6. The van der Waals surface area contributed by atoms with E-state index in [1.165, 1.54) is 0 Å². The number of benzene rings is 2. The van der Waals surface area contributed by atoms with E-state index in [1.807, 2.05) is 35.2 Å². The number of halogens is 2. The first-order chi connectivity index (χ1) is 12.4. The molecule has 0 aliphatic carbocycles. The fourth-order valence-electron chi connectivity index (χ4n) is 3.63. The molecule has 0 radical (unpaired) electrons. The fraction of sp³-hybridized carbons (Fsp3) is 0.455. The molecule has 4 heteroatoms. The third-order valence-electron chi connectivity index (χ3n) is 4.83. The lowest BCUT2D eigenvalue weighted by Gasteiger charge is -2.39. The van der Waals surface area contributed by atoms with Crippen LogP contribution in [0.1, 0.15) is 37.3 Å². The van der Waals surface area contributed by atoms with Crippen molar-refractivity contribution in [3.8, 4) is 5.75 Å². The van der Waals surface area contributed by atoms with E-state index in [2.05, 4.69) is 13.8 Å². The summed E-state index contributed by atoms with van der Waals surface area (Å²) in [7, 11) is 0. The fourth-order valence-corrected chi connectivity index (χ4v) is 3.63. The number of hydrogen-bond donors (Lipinski definition) is 0. The minimum atomic E-state index is -2.69. The van der Waals surface area contributed by atoms with Gasteiger partial charge in [-0.1, -0.05) is 56.3 Å². The lowest BCUT2D eigenvalue weighted by molar-refractivity contribution is -0.0846. The Morgan fingerprint density at radius 3 is 2.38 bits per heavy atom. The van der Waals surface area contributed by atoms with Gasteiger partial charge in [0.1, 0.15) is 12.4 Å². The summed E-state index contributed by atoms with van der Waals surface area (Å²) >= 11 is 0. The van der Waals surface area contributed by atoms with Gasteiger partial charge >= 0.3 is 0 Å². The molecule has 1 aliphatic heterocycles. The van der Waals surface area contributed by atoms with Gasteiger partial charge in [-0.15, -0.1) is 0 Å². The lowest BCUT2D eigenvalue weighted by atomic mass is 9.86. The maximum atomic E-state index is 14.7. The molecule has 1 saturated heterocycles. The van der Waals surface area contributed by atoms with Crippen LogP contribution in [0, 0.1) is 5.92 Å². The van der Waals surface area contributed by atoms with Gasteiger partial charge in [-0.25, -0.2) is 8.78 Å². The number of rotatable bonds is 6. The second kappa shape index (κ2) is 8.17. The third-order valence-corrected chi connectivity index (χ3v) is 4.83. The Bertz CT molecular complexity index is 685. The number of hydrogen-bond acceptors (Lipinski definition) is 2. The van der Waals surface area contributed by atoms with Gasteiger partial charge in [-0.3, -0.25) is 4.90 Å². The number of ether oxygens (including phenoxy) is 1. The van der Waals surface area contributed by atoms with Crippen LogP contribution in [0.25, 0.3) is 0 Å².